The van der Waals surface area contributed by atoms with Crippen LogP contribution in [0.4, 0.5) is 5.82 Å². The molecule has 5 heterocycles. The minimum absolute atomic E-state index is 0.0289. The molecule has 0 atom stereocenters. The van der Waals surface area contributed by atoms with Crippen molar-refractivity contribution in [3.8, 4) is 16.9 Å². The van der Waals surface area contributed by atoms with Gasteiger partial charge in [-0.25, -0.2) is 9.97 Å². The van der Waals surface area contributed by atoms with Crippen LogP contribution < -0.4 is 20.5 Å². The van der Waals surface area contributed by atoms with Gasteiger partial charge in [-0.05, 0) is 56.3 Å². The van der Waals surface area contributed by atoms with E-state index in [2.05, 4.69) is 51.2 Å². The van der Waals surface area contributed by atoms with Gasteiger partial charge in [-0.15, -0.1) is 0 Å². The molecule has 5 rings (SSSR count). The first kappa shape index (κ1) is 26.4. The summed E-state index contributed by atoms with van der Waals surface area (Å²) in [6, 6.07) is 9.76. The highest BCUT2D eigenvalue weighted by atomic mass is 16.5. The fraction of sp³-hybridized carbons (Fsp3) is 0.379. The van der Waals surface area contributed by atoms with E-state index in [1.54, 1.807) is 19.3 Å². The van der Waals surface area contributed by atoms with Crippen molar-refractivity contribution in [3.63, 3.8) is 0 Å². The van der Waals surface area contributed by atoms with E-state index in [1.165, 1.54) is 7.11 Å². The van der Waals surface area contributed by atoms with Gasteiger partial charge in [-0.1, -0.05) is 13.3 Å². The molecule has 10 nitrogen and oxygen atoms in total. The largest absolute Gasteiger partial charge is 0.496 e. The van der Waals surface area contributed by atoms with E-state index in [1.807, 2.05) is 22.7 Å². The molecule has 10 heteroatoms. The number of aromatic nitrogens is 4. The summed E-state index contributed by atoms with van der Waals surface area (Å²) >= 11 is 0. The molecule has 1 amide bonds. The van der Waals surface area contributed by atoms with Crippen molar-refractivity contribution in [3.05, 3.63) is 75.9 Å². The van der Waals surface area contributed by atoms with Gasteiger partial charge in [0, 0.05) is 43.6 Å². The highest BCUT2D eigenvalue weighted by molar-refractivity contribution is 5.95. The number of likely N-dealkylation sites (N-methyl/N-ethyl adjacent to an activating group) is 1. The van der Waals surface area contributed by atoms with E-state index < -0.39 is 0 Å². The molecular formula is C29H35N7O3. The number of carbonyl (C=O) groups excluding carboxylic acids is 1. The summed E-state index contributed by atoms with van der Waals surface area (Å²) in [4.78, 5) is 42.8. The molecular weight excluding hydrogens is 494 g/mol. The van der Waals surface area contributed by atoms with Crippen LogP contribution in [0.3, 0.4) is 0 Å². The van der Waals surface area contributed by atoms with Crippen molar-refractivity contribution >= 4 is 17.2 Å². The third-order valence-corrected chi connectivity index (χ3v) is 7.23. The number of pyridine rings is 3. The molecule has 2 N–H and O–H groups in total. The molecule has 4 aromatic heterocycles. The van der Waals surface area contributed by atoms with Gasteiger partial charge in [0.15, 0.2) is 0 Å². The van der Waals surface area contributed by atoms with Crippen LogP contribution in [0.1, 0.15) is 40.8 Å². The van der Waals surface area contributed by atoms with Gasteiger partial charge in [0.05, 0.1) is 30.4 Å². The zero-order valence-electron chi connectivity index (χ0n) is 23.0. The second-order valence-corrected chi connectivity index (χ2v) is 10.0. The van der Waals surface area contributed by atoms with Crippen LogP contribution >= 0.6 is 0 Å². The molecule has 4 aromatic rings. The number of piperazine rings is 1. The van der Waals surface area contributed by atoms with Crippen molar-refractivity contribution in [1.29, 1.82) is 0 Å². The number of aryl methyl sites for hydroxylation is 2. The Morgan fingerprint density at radius 1 is 1.10 bits per heavy atom. The Balaban J connectivity index is 1.47. The topological polar surface area (TPSA) is 108 Å². The summed E-state index contributed by atoms with van der Waals surface area (Å²) in [7, 11) is 3.65. The zero-order chi connectivity index (χ0) is 27.5. The van der Waals surface area contributed by atoms with Crippen molar-refractivity contribution in [1.82, 2.24) is 29.6 Å². The van der Waals surface area contributed by atoms with Gasteiger partial charge in [0.1, 0.15) is 23.6 Å². The highest BCUT2D eigenvalue weighted by Gasteiger charge is 2.19. The molecule has 39 heavy (non-hydrogen) atoms. The first-order valence-electron chi connectivity index (χ1n) is 13.3. The number of carbonyl (C=O) groups is 1. The minimum atomic E-state index is -0.314. The maximum absolute atomic E-state index is 13.5. The number of aromatic amines is 1. The lowest BCUT2D eigenvalue weighted by molar-refractivity contribution is 0.0944. The van der Waals surface area contributed by atoms with E-state index in [-0.39, 0.29) is 18.0 Å². The van der Waals surface area contributed by atoms with Gasteiger partial charge >= 0.3 is 0 Å². The summed E-state index contributed by atoms with van der Waals surface area (Å²) in [5.41, 5.74) is 4.83. The fourth-order valence-electron chi connectivity index (χ4n) is 4.99. The molecule has 1 aliphatic rings. The van der Waals surface area contributed by atoms with E-state index in [0.717, 1.165) is 67.2 Å². The standard InChI is InChI=1S/C29H35N7O3/c1-5-6-23-24-14-21(20-7-8-27(30-16-20)35-11-9-34(3)10-12-35)15-25(36(24)18-32-23)29(38)31-17-22-26(39-4)13-19(2)33-28(22)37/h7-8,13-16,18H,5-6,9-12,17H2,1-4H3,(H,31,38)(H,33,37). The van der Waals surface area contributed by atoms with Gasteiger partial charge in [-0.3, -0.25) is 14.0 Å². The molecule has 1 saturated heterocycles. The molecule has 204 valence electrons. The van der Waals surface area contributed by atoms with Gasteiger partial charge in [0.2, 0.25) is 0 Å². The first-order chi connectivity index (χ1) is 18.9. The Labute approximate surface area is 227 Å². The fourth-order valence-corrected chi connectivity index (χ4v) is 4.99. The smallest absolute Gasteiger partial charge is 0.268 e. The maximum Gasteiger partial charge on any atom is 0.268 e. The van der Waals surface area contributed by atoms with Crippen LogP contribution in [0, 0.1) is 6.92 Å². The van der Waals surface area contributed by atoms with Crippen LogP contribution in [0.15, 0.2) is 47.7 Å². The second kappa shape index (κ2) is 11.3. The van der Waals surface area contributed by atoms with Crippen molar-refractivity contribution in [2.75, 3.05) is 45.2 Å². The molecule has 1 aliphatic heterocycles. The van der Waals surface area contributed by atoms with E-state index in [0.29, 0.717) is 22.7 Å². The van der Waals surface area contributed by atoms with Crippen LogP contribution in [0.5, 0.6) is 5.75 Å². The summed E-state index contributed by atoms with van der Waals surface area (Å²) in [6.07, 6.45) is 5.30. The Morgan fingerprint density at radius 3 is 2.59 bits per heavy atom. The summed E-state index contributed by atoms with van der Waals surface area (Å²) < 4.78 is 7.19. The van der Waals surface area contributed by atoms with Gasteiger partial charge in [0.25, 0.3) is 11.5 Å². The van der Waals surface area contributed by atoms with Gasteiger partial charge < -0.3 is 24.8 Å². The Bertz CT molecular complexity index is 1530. The zero-order valence-corrected chi connectivity index (χ0v) is 23.0. The van der Waals surface area contributed by atoms with E-state index >= 15 is 0 Å². The molecule has 0 aliphatic carbocycles. The lowest BCUT2D eigenvalue weighted by Gasteiger charge is -2.33. The maximum atomic E-state index is 13.5. The number of anilines is 1. The SMILES string of the molecule is CCCc1ncn2c(C(=O)NCc3c(OC)cc(C)[nH]c3=O)cc(-c3ccc(N4CCN(C)CC4)nc3)cc12. The van der Waals surface area contributed by atoms with Crippen LogP contribution in [0.2, 0.25) is 0 Å². The number of hydrogen-bond acceptors (Lipinski definition) is 7. The van der Waals surface area contributed by atoms with Crippen molar-refractivity contribution in [2.24, 2.45) is 0 Å². The first-order valence-corrected chi connectivity index (χ1v) is 13.3. The molecule has 0 bridgehead atoms. The number of ether oxygens (including phenoxy) is 1. The summed E-state index contributed by atoms with van der Waals surface area (Å²) in [5.74, 6) is 1.08. The van der Waals surface area contributed by atoms with Crippen molar-refractivity contribution in [2.45, 2.75) is 33.2 Å². The molecule has 0 aromatic carbocycles. The molecule has 1 fully saturated rings. The Hall–Kier alpha value is -4.18. The Morgan fingerprint density at radius 2 is 1.90 bits per heavy atom. The molecule has 0 saturated carbocycles. The monoisotopic (exact) mass is 529 g/mol. The number of hydrogen-bond donors (Lipinski definition) is 2. The number of fused-ring (bicyclic) bond motifs is 1. The average molecular weight is 530 g/mol. The number of H-pyrrole nitrogens is 1. The highest BCUT2D eigenvalue weighted by Crippen LogP contribution is 2.27. The predicted molar refractivity (Wildman–Crippen MR) is 152 cm³/mol. The molecule has 0 radical (unpaired) electrons. The third-order valence-electron chi connectivity index (χ3n) is 7.23. The van der Waals surface area contributed by atoms with E-state index in [4.69, 9.17) is 9.72 Å². The number of methoxy groups -OCH3 is 1. The number of rotatable bonds is 8. The Kier molecular flexibility index (Phi) is 7.65. The van der Waals surface area contributed by atoms with E-state index in [9.17, 15) is 9.59 Å². The van der Waals surface area contributed by atoms with Crippen LogP contribution in [0.25, 0.3) is 16.6 Å². The average Bonchev–Trinajstić information content (AvgIpc) is 3.35. The normalized spacial score (nSPS) is 14.1. The summed E-state index contributed by atoms with van der Waals surface area (Å²) in [6.45, 7) is 7.85. The third kappa shape index (κ3) is 5.51. The number of nitrogens with zero attached hydrogens (tertiary/aromatic N) is 5. The van der Waals surface area contributed by atoms with Crippen LogP contribution in [-0.4, -0.2) is 70.5 Å². The van der Waals surface area contributed by atoms with Crippen molar-refractivity contribution < 1.29 is 9.53 Å². The summed E-state index contributed by atoms with van der Waals surface area (Å²) in [5, 5.41) is 2.90. The minimum Gasteiger partial charge on any atom is -0.496 e. The quantitative estimate of drug-likeness (QED) is 0.361. The molecule has 0 unspecified atom stereocenters. The number of amides is 1. The lowest BCUT2D eigenvalue weighted by Crippen LogP contribution is -2.44. The molecule has 0 spiro atoms. The number of nitrogens with one attached hydrogen (secondary N) is 2. The lowest BCUT2D eigenvalue weighted by atomic mass is 10.1. The van der Waals surface area contributed by atoms with Crippen LogP contribution in [-0.2, 0) is 13.0 Å². The number of imidazole rings is 1. The predicted octanol–water partition coefficient (Wildman–Crippen LogP) is 3.04. The second-order valence-electron chi connectivity index (χ2n) is 10.0. The van der Waals surface area contributed by atoms with Gasteiger partial charge in [-0.2, -0.15) is 0 Å².